The lowest BCUT2D eigenvalue weighted by Gasteiger charge is -2.21. The summed E-state index contributed by atoms with van der Waals surface area (Å²) in [6, 6.07) is 7.58. The van der Waals surface area contributed by atoms with Crippen molar-refractivity contribution in [1.29, 1.82) is 0 Å². The van der Waals surface area contributed by atoms with Crippen molar-refractivity contribution < 1.29 is 24.4 Å². The summed E-state index contributed by atoms with van der Waals surface area (Å²) in [6.45, 7) is 4.09. The molecule has 0 saturated carbocycles. The molecule has 0 aromatic heterocycles. The number of aryl methyl sites for hydroxylation is 2. The van der Waals surface area contributed by atoms with E-state index in [1.165, 1.54) is 0 Å². The van der Waals surface area contributed by atoms with Crippen LogP contribution in [0.5, 0.6) is 23.0 Å². The Morgan fingerprint density at radius 3 is 2.52 bits per heavy atom. The first-order valence-electron chi connectivity index (χ1n) is 10.1. The molecular formula is C24H30O5. The number of rotatable bonds is 5. The van der Waals surface area contributed by atoms with Crippen LogP contribution < -0.4 is 14.2 Å². The van der Waals surface area contributed by atoms with Crippen LogP contribution in [-0.4, -0.2) is 37.1 Å². The molecule has 2 aromatic carbocycles. The summed E-state index contributed by atoms with van der Waals surface area (Å²) in [5.74, 6) is 1.86. The second-order valence-corrected chi connectivity index (χ2v) is 7.37. The predicted octanol–water partition coefficient (Wildman–Crippen LogP) is 4.66. The average molecular weight is 398 g/mol. The van der Waals surface area contributed by atoms with Gasteiger partial charge in [-0.3, -0.25) is 0 Å². The van der Waals surface area contributed by atoms with E-state index in [9.17, 15) is 10.2 Å². The van der Waals surface area contributed by atoms with Gasteiger partial charge in [0.05, 0.1) is 20.3 Å². The van der Waals surface area contributed by atoms with Gasteiger partial charge in [-0.25, -0.2) is 0 Å². The molecule has 1 aliphatic rings. The third kappa shape index (κ3) is 4.67. The first kappa shape index (κ1) is 21.1. The maximum absolute atomic E-state index is 10.6. The molecule has 4 bridgehead atoms. The fourth-order valence-electron chi connectivity index (χ4n) is 3.88. The molecular weight excluding hydrogens is 368 g/mol. The lowest BCUT2D eigenvalue weighted by Crippen LogP contribution is -2.08. The number of aliphatic hydroxyl groups is 1. The highest BCUT2D eigenvalue weighted by Gasteiger charge is 2.24. The van der Waals surface area contributed by atoms with Crippen molar-refractivity contribution in [3.05, 3.63) is 48.0 Å². The molecule has 1 aliphatic carbocycles. The van der Waals surface area contributed by atoms with Gasteiger partial charge in [0.25, 0.3) is 0 Å². The van der Waals surface area contributed by atoms with Gasteiger partial charge in [0, 0.05) is 11.1 Å². The zero-order valence-corrected chi connectivity index (χ0v) is 17.2. The minimum absolute atomic E-state index is 0.176. The molecule has 0 amide bonds. The highest BCUT2D eigenvalue weighted by Crippen LogP contribution is 2.49. The first-order chi connectivity index (χ1) is 14.1. The minimum Gasteiger partial charge on any atom is -0.507 e. The maximum Gasteiger partial charge on any atom is 0.204 e. The fourth-order valence-corrected chi connectivity index (χ4v) is 3.88. The van der Waals surface area contributed by atoms with Crippen molar-refractivity contribution in [2.24, 2.45) is 0 Å². The van der Waals surface area contributed by atoms with Gasteiger partial charge < -0.3 is 24.4 Å². The van der Waals surface area contributed by atoms with Crippen LogP contribution in [0, 0.1) is 0 Å². The minimum atomic E-state index is -0.323. The highest BCUT2D eigenvalue weighted by atomic mass is 16.5. The largest absolute Gasteiger partial charge is 0.507 e. The molecule has 0 heterocycles. The predicted molar refractivity (Wildman–Crippen MR) is 114 cm³/mol. The Kier molecular flexibility index (Phi) is 7.04. The van der Waals surface area contributed by atoms with Gasteiger partial charge in [0.15, 0.2) is 11.5 Å². The Balaban J connectivity index is 2.23. The summed E-state index contributed by atoms with van der Waals surface area (Å²) in [5, 5.41) is 20.9. The fraction of sp³-hybridized carbons (Fsp3) is 0.417. The maximum atomic E-state index is 10.6. The van der Waals surface area contributed by atoms with Crippen LogP contribution in [0.15, 0.2) is 36.9 Å². The van der Waals surface area contributed by atoms with E-state index in [2.05, 4.69) is 6.58 Å². The molecule has 1 unspecified atom stereocenters. The number of hydrogen-bond donors (Lipinski definition) is 2. The van der Waals surface area contributed by atoms with Gasteiger partial charge in [-0.05, 0) is 61.4 Å². The van der Waals surface area contributed by atoms with E-state index in [-0.39, 0.29) is 11.9 Å². The van der Waals surface area contributed by atoms with E-state index in [1.807, 2.05) is 18.2 Å². The van der Waals surface area contributed by atoms with Crippen LogP contribution in [0.4, 0.5) is 0 Å². The van der Waals surface area contributed by atoms with E-state index in [0.717, 1.165) is 48.8 Å². The third-order valence-electron chi connectivity index (χ3n) is 5.37. The van der Waals surface area contributed by atoms with Crippen molar-refractivity contribution in [3.8, 4) is 34.1 Å². The molecule has 3 rings (SSSR count). The molecule has 2 aromatic rings. The molecule has 156 valence electrons. The van der Waals surface area contributed by atoms with Crippen LogP contribution >= 0.6 is 0 Å². The van der Waals surface area contributed by atoms with Crippen molar-refractivity contribution in [1.82, 2.24) is 0 Å². The molecule has 1 atom stereocenters. The SMILES string of the molecule is C=CCOc1c2cc(c(OC)c1OC)-c1cc(ccc1O)CCC(O)CCCC2. The van der Waals surface area contributed by atoms with E-state index < -0.39 is 0 Å². The Hall–Kier alpha value is -2.66. The summed E-state index contributed by atoms with van der Waals surface area (Å²) < 4.78 is 17.3. The van der Waals surface area contributed by atoms with E-state index >= 15 is 0 Å². The lowest BCUT2D eigenvalue weighted by molar-refractivity contribution is 0.151. The molecule has 0 fully saturated rings. The quantitative estimate of drug-likeness (QED) is 0.717. The second-order valence-electron chi connectivity index (χ2n) is 7.37. The van der Waals surface area contributed by atoms with Gasteiger partial charge in [-0.15, -0.1) is 0 Å². The molecule has 0 spiro atoms. The number of aromatic hydroxyl groups is 1. The average Bonchev–Trinajstić information content (AvgIpc) is 2.74. The van der Waals surface area contributed by atoms with Crippen molar-refractivity contribution >= 4 is 0 Å². The zero-order chi connectivity index (χ0) is 20.8. The smallest absolute Gasteiger partial charge is 0.204 e. The highest BCUT2D eigenvalue weighted by molar-refractivity contribution is 5.81. The Morgan fingerprint density at radius 1 is 1.00 bits per heavy atom. The summed E-state index contributed by atoms with van der Waals surface area (Å²) in [4.78, 5) is 0. The number of phenolic OH excluding ortho intramolecular Hbond substituents is 1. The number of benzene rings is 2. The Labute approximate surface area is 172 Å². The molecule has 0 aliphatic heterocycles. The molecule has 5 nitrogen and oxygen atoms in total. The number of hydrogen-bond acceptors (Lipinski definition) is 5. The molecule has 5 heteroatoms. The van der Waals surface area contributed by atoms with Gasteiger partial charge in [0.2, 0.25) is 5.75 Å². The van der Waals surface area contributed by atoms with Crippen LogP contribution in [0.2, 0.25) is 0 Å². The lowest BCUT2D eigenvalue weighted by atomic mass is 9.95. The monoisotopic (exact) mass is 398 g/mol. The van der Waals surface area contributed by atoms with Crippen LogP contribution in [-0.2, 0) is 12.8 Å². The summed E-state index contributed by atoms with van der Waals surface area (Å²) in [7, 11) is 3.18. The van der Waals surface area contributed by atoms with E-state index in [1.54, 1.807) is 26.4 Å². The molecule has 29 heavy (non-hydrogen) atoms. The molecule has 0 radical (unpaired) electrons. The van der Waals surface area contributed by atoms with E-state index in [0.29, 0.717) is 35.8 Å². The van der Waals surface area contributed by atoms with Gasteiger partial charge in [-0.2, -0.15) is 0 Å². The number of ether oxygens (including phenoxy) is 3. The normalized spacial score (nSPS) is 16.7. The zero-order valence-electron chi connectivity index (χ0n) is 17.2. The summed E-state index contributed by atoms with van der Waals surface area (Å²) >= 11 is 0. The standard InChI is InChI=1S/C24H30O5/c1-4-13-29-22-17-7-5-6-8-18(25)11-9-16-10-12-21(26)19(14-16)20(15-17)23(27-2)24(22)28-3/h4,10,12,14-15,18,25-26H,1,5-9,11,13H2,2-3H3. The van der Waals surface area contributed by atoms with Gasteiger partial charge in [-0.1, -0.05) is 25.1 Å². The molecule has 2 N–H and O–H groups in total. The number of phenols is 1. The molecule has 0 saturated heterocycles. The number of fused-ring (bicyclic) bond motifs is 5. The van der Waals surface area contributed by atoms with Crippen molar-refractivity contribution in [2.45, 2.75) is 44.6 Å². The summed E-state index contributed by atoms with van der Waals surface area (Å²) in [5.41, 5.74) is 3.50. The summed E-state index contributed by atoms with van der Waals surface area (Å²) in [6.07, 6.45) is 6.21. The van der Waals surface area contributed by atoms with Crippen molar-refractivity contribution in [2.75, 3.05) is 20.8 Å². The number of aliphatic hydroxyl groups excluding tert-OH is 1. The Morgan fingerprint density at radius 2 is 1.79 bits per heavy atom. The third-order valence-corrected chi connectivity index (χ3v) is 5.37. The van der Waals surface area contributed by atoms with Crippen LogP contribution in [0.3, 0.4) is 0 Å². The van der Waals surface area contributed by atoms with Crippen molar-refractivity contribution in [3.63, 3.8) is 0 Å². The van der Waals surface area contributed by atoms with Crippen LogP contribution in [0.25, 0.3) is 11.1 Å². The van der Waals surface area contributed by atoms with Gasteiger partial charge in [0.1, 0.15) is 12.4 Å². The van der Waals surface area contributed by atoms with Gasteiger partial charge >= 0.3 is 0 Å². The number of methoxy groups -OCH3 is 2. The van der Waals surface area contributed by atoms with E-state index in [4.69, 9.17) is 14.2 Å². The topological polar surface area (TPSA) is 68.2 Å². The first-order valence-corrected chi connectivity index (χ1v) is 10.1. The second kappa shape index (κ2) is 9.70. The van der Waals surface area contributed by atoms with Crippen LogP contribution in [0.1, 0.15) is 36.8 Å². The Bertz CT molecular complexity index is 859.